The third-order valence-electron chi connectivity index (χ3n) is 2.42. The number of nitrogens with one attached hydrogen (secondary N) is 1. The van der Waals surface area contributed by atoms with Gasteiger partial charge in [-0.1, -0.05) is 11.3 Å². The maximum absolute atomic E-state index is 12.0. The molecule has 0 bridgehead atoms. The van der Waals surface area contributed by atoms with Crippen molar-refractivity contribution in [2.75, 3.05) is 12.4 Å². The summed E-state index contributed by atoms with van der Waals surface area (Å²) >= 11 is 1.37. The second kappa shape index (κ2) is 4.05. The molecule has 0 aliphatic rings. The standard InChI is InChI=1S/C10H12N4OS/c1-6-4-5-7(9(15)14(6)3)8-12-13-10(11-2)16-8/h4-5H,1-3H3,(H,11,13). The predicted molar refractivity (Wildman–Crippen MR) is 64.9 cm³/mol. The van der Waals surface area contributed by atoms with Gasteiger partial charge in [0, 0.05) is 19.8 Å². The monoisotopic (exact) mass is 236 g/mol. The van der Waals surface area contributed by atoms with E-state index in [2.05, 4.69) is 15.5 Å². The number of rotatable bonds is 2. The molecule has 0 radical (unpaired) electrons. The molecule has 0 saturated heterocycles. The van der Waals surface area contributed by atoms with Crippen LogP contribution in [0, 0.1) is 6.92 Å². The molecule has 0 atom stereocenters. The molecule has 2 aromatic rings. The van der Waals surface area contributed by atoms with E-state index < -0.39 is 0 Å². The number of hydrogen-bond donors (Lipinski definition) is 1. The zero-order chi connectivity index (χ0) is 11.7. The first kappa shape index (κ1) is 10.8. The number of aromatic nitrogens is 3. The van der Waals surface area contributed by atoms with Gasteiger partial charge in [-0.2, -0.15) is 0 Å². The van der Waals surface area contributed by atoms with E-state index in [1.54, 1.807) is 24.7 Å². The molecular weight excluding hydrogens is 224 g/mol. The molecule has 0 fully saturated rings. The van der Waals surface area contributed by atoms with Crippen LogP contribution in [0.25, 0.3) is 10.6 Å². The third-order valence-corrected chi connectivity index (χ3v) is 3.40. The van der Waals surface area contributed by atoms with E-state index in [9.17, 15) is 4.79 Å². The van der Waals surface area contributed by atoms with Gasteiger partial charge in [0.2, 0.25) is 5.13 Å². The molecule has 2 aromatic heterocycles. The Morgan fingerprint density at radius 3 is 2.75 bits per heavy atom. The Morgan fingerprint density at radius 2 is 2.12 bits per heavy atom. The van der Waals surface area contributed by atoms with Gasteiger partial charge in [0.25, 0.3) is 5.56 Å². The molecule has 0 aliphatic heterocycles. The summed E-state index contributed by atoms with van der Waals surface area (Å²) in [5.74, 6) is 0. The lowest BCUT2D eigenvalue weighted by Gasteiger charge is -2.03. The number of anilines is 1. The van der Waals surface area contributed by atoms with Crippen molar-refractivity contribution in [1.29, 1.82) is 0 Å². The second-order valence-corrected chi connectivity index (χ2v) is 4.39. The highest BCUT2D eigenvalue weighted by Gasteiger charge is 2.11. The van der Waals surface area contributed by atoms with Crippen molar-refractivity contribution < 1.29 is 0 Å². The summed E-state index contributed by atoms with van der Waals surface area (Å²) in [5.41, 5.74) is 1.47. The molecule has 0 aliphatic carbocycles. The van der Waals surface area contributed by atoms with Crippen molar-refractivity contribution >= 4 is 16.5 Å². The second-order valence-electron chi connectivity index (χ2n) is 3.41. The number of nitrogens with zero attached hydrogens (tertiary/aromatic N) is 3. The van der Waals surface area contributed by atoms with E-state index >= 15 is 0 Å². The van der Waals surface area contributed by atoms with Gasteiger partial charge >= 0.3 is 0 Å². The molecule has 0 saturated carbocycles. The van der Waals surface area contributed by atoms with Crippen LogP contribution in [-0.4, -0.2) is 21.8 Å². The highest BCUT2D eigenvalue weighted by Crippen LogP contribution is 2.23. The molecule has 16 heavy (non-hydrogen) atoms. The summed E-state index contributed by atoms with van der Waals surface area (Å²) in [7, 11) is 3.53. The van der Waals surface area contributed by atoms with Crippen molar-refractivity contribution in [2.45, 2.75) is 6.92 Å². The van der Waals surface area contributed by atoms with Crippen molar-refractivity contribution in [3.8, 4) is 10.6 Å². The summed E-state index contributed by atoms with van der Waals surface area (Å²) in [6.45, 7) is 1.89. The largest absolute Gasteiger partial charge is 0.363 e. The first-order chi connectivity index (χ1) is 7.63. The first-order valence-electron chi connectivity index (χ1n) is 4.81. The Bertz CT molecular complexity index is 572. The van der Waals surface area contributed by atoms with Gasteiger partial charge in [0.05, 0.1) is 5.56 Å². The topological polar surface area (TPSA) is 59.8 Å². The van der Waals surface area contributed by atoms with Crippen LogP contribution in [0.4, 0.5) is 5.13 Å². The van der Waals surface area contributed by atoms with Gasteiger partial charge in [-0.15, -0.1) is 10.2 Å². The summed E-state index contributed by atoms with van der Waals surface area (Å²) in [6, 6.07) is 3.69. The molecular formula is C10H12N4OS. The van der Waals surface area contributed by atoms with Crippen LogP contribution in [0.15, 0.2) is 16.9 Å². The SMILES string of the molecule is CNc1nnc(-c2ccc(C)n(C)c2=O)s1. The fourth-order valence-electron chi connectivity index (χ4n) is 1.32. The number of pyridine rings is 1. The molecule has 0 spiro atoms. The molecule has 0 aromatic carbocycles. The fraction of sp³-hybridized carbons (Fsp3) is 0.300. The van der Waals surface area contributed by atoms with Crippen LogP contribution in [0.1, 0.15) is 5.69 Å². The van der Waals surface area contributed by atoms with Crippen LogP contribution in [0.3, 0.4) is 0 Å². The molecule has 6 heteroatoms. The van der Waals surface area contributed by atoms with E-state index in [1.807, 2.05) is 13.0 Å². The molecule has 2 heterocycles. The van der Waals surface area contributed by atoms with E-state index in [-0.39, 0.29) is 5.56 Å². The Hall–Kier alpha value is -1.69. The average molecular weight is 236 g/mol. The molecule has 1 N–H and O–H groups in total. The van der Waals surface area contributed by atoms with Gasteiger partial charge in [-0.25, -0.2) is 0 Å². The number of aryl methyl sites for hydroxylation is 1. The van der Waals surface area contributed by atoms with Gasteiger partial charge in [0.1, 0.15) is 0 Å². The summed E-state index contributed by atoms with van der Waals surface area (Å²) in [5, 5.41) is 12.1. The fourth-order valence-corrected chi connectivity index (χ4v) is 2.04. The molecule has 0 amide bonds. The van der Waals surface area contributed by atoms with Gasteiger partial charge < -0.3 is 9.88 Å². The lowest BCUT2D eigenvalue weighted by molar-refractivity contribution is 0.820. The average Bonchev–Trinajstić information content (AvgIpc) is 2.74. The smallest absolute Gasteiger partial charge is 0.260 e. The van der Waals surface area contributed by atoms with Crippen LogP contribution in [0.5, 0.6) is 0 Å². The normalized spacial score (nSPS) is 10.4. The first-order valence-corrected chi connectivity index (χ1v) is 5.63. The van der Waals surface area contributed by atoms with Crippen molar-refractivity contribution in [1.82, 2.24) is 14.8 Å². The molecule has 2 rings (SSSR count). The van der Waals surface area contributed by atoms with E-state index in [0.717, 1.165) is 5.69 Å². The maximum Gasteiger partial charge on any atom is 0.260 e. The van der Waals surface area contributed by atoms with Gasteiger partial charge in [-0.05, 0) is 19.1 Å². The molecule has 5 nitrogen and oxygen atoms in total. The number of hydrogen-bond acceptors (Lipinski definition) is 5. The summed E-state index contributed by atoms with van der Waals surface area (Å²) in [6.07, 6.45) is 0. The molecule has 84 valence electrons. The van der Waals surface area contributed by atoms with Crippen molar-refractivity contribution in [3.05, 3.63) is 28.2 Å². The van der Waals surface area contributed by atoms with Gasteiger partial charge in [0.15, 0.2) is 5.01 Å². The highest BCUT2D eigenvalue weighted by atomic mass is 32.1. The maximum atomic E-state index is 12.0. The Labute approximate surface area is 96.8 Å². The summed E-state index contributed by atoms with van der Waals surface area (Å²) in [4.78, 5) is 12.0. The minimum atomic E-state index is -0.0428. The van der Waals surface area contributed by atoms with Gasteiger partial charge in [-0.3, -0.25) is 4.79 Å². The van der Waals surface area contributed by atoms with E-state index in [1.165, 1.54) is 11.3 Å². The minimum Gasteiger partial charge on any atom is -0.363 e. The van der Waals surface area contributed by atoms with Crippen LogP contribution < -0.4 is 10.9 Å². The van der Waals surface area contributed by atoms with E-state index in [0.29, 0.717) is 15.7 Å². The highest BCUT2D eigenvalue weighted by molar-refractivity contribution is 7.18. The lowest BCUT2D eigenvalue weighted by atomic mass is 10.2. The summed E-state index contributed by atoms with van der Waals surface area (Å²) < 4.78 is 1.61. The van der Waals surface area contributed by atoms with Crippen molar-refractivity contribution in [2.24, 2.45) is 7.05 Å². The quantitative estimate of drug-likeness (QED) is 0.852. The Morgan fingerprint density at radius 1 is 1.38 bits per heavy atom. The van der Waals surface area contributed by atoms with Crippen molar-refractivity contribution in [3.63, 3.8) is 0 Å². The van der Waals surface area contributed by atoms with Crippen LogP contribution in [-0.2, 0) is 7.05 Å². The Balaban J connectivity index is 2.56. The lowest BCUT2D eigenvalue weighted by Crippen LogP contribution is -2.20. The predicted octanol–water partition coefficient (Wildman–Crippen LogP) is 1.25. The van der Waals surface area contributed by atoms with Crippen LogP contribution in [0.2, 0.25) is 0 Å². The minimum absolute atomic E-state index is 0.0428. The van der Waals surface area contributed by atoms with Crippen LogP contribution >= 0.6 is 11.3 Å². The van der Waals surface area contributed by atoms with E-state index in [4.69, 9.17) is 0 Å². The zero-order valence-electron chi connectivity index (χ0n) is 9.31. The zero-order valence-corrected chi connectivity index (χ0v) is 10.1. The Kier molecular flexibility index (Phi) is 2.74. The molecule has 0 unspecified atom stereocenters. The third kappa shape index (κ3) is 1.71.